The minimum Gasteiger partial charge on any atom is -0.395 e. The van der Waals surface area contributed by atoms with Crippen LogP contribution < -0.4 is 16.4 Å². The van der Waals surface area contributed by atoms with Crippen molar-refractivity contribution < 1.29 is 9.59 Å². The molecule has 0 saturated heterocycles. The van der Waals surface area contributed by atoms with E-state index in [4.69, 9.17) is 5.73 Å². The molecule has 0 atom stereocenters. The summed E-state index contributed by atoms with van der Waals surface area (Å²) in [5.74, 6) is -0.472. The van der Waals surface area contributed by atoms with Crippen molar-refractivity contribution in [1.82, 2.24) is 0 Å². The molecule has 0 aliphatic carbocycles. The zero-order valence-electron chi connectivity index (χ0n) is 11.0. The van der Waals surface area contributed by atoms with Crippen molar-refractivity contribution in [3.63, 3.8) is 0 Å². The van der Waals surface area contributed by atoms with E-state index in [-0.39, 0.29) is 11.8 Å². The smallest absolute Gasteiger partial charge is 0.255 e. The van der Waals surface area contributed by atoms with E-state index in [0.717, 1.165) is 0 Å². The average molecular weight is 269 g/mol. The van der Waals surface area contributed by atoms with Gasteiger partial charge in [-0.15, -0.1) is 0 Å². The van der Waals surface area contributed by atoms with Crippen molar-refractivity contribution in [1.29, 1.82) is 0 Å². The lowest BCUT2D eigenvalue weighted by Gasteiger charge is -2.12. The van der Waals surface area contributed by atoms with Crippen LogP contribution >= 0.6 is 0 Å². The molecule has 2 amide bonds. The van der Waals surface area contributed by atoms with Gasteiger partial charge in [0.2, 0.25) is 5.91 Å². The zero-order chi connectivity index (χ0) is 14.5. The SMILES string of the molecule is CC(=O)Nc1cccc(NC(=O)c2ccccc2)c1N. The number of hydrogen-bond donors (Lipinski definition) is 3. The molecule has 2 aromatic carbocycles. The molecule has 0 radical (unpaired) electrons. The molecule has 2 aromatic rings. The van der Waals surface area contributed by atoms with Crippen LogP contribution in [0.15, 0.2) is 48.5 Å². The lowest BCUT2D eigenvalue weighted by Crippen LogP contribution is -2.14. The van der Waals surface area contributed by atoms with Crippen LogP contribution in [-0.4, -0.2) is 11.8 Å². The minimum absolute atomic E-state index is 0.219. The van der Waals surface area contributed by atoms with Crippen LogP contribution in [0.25, 0.3) is 0 Å². The third kappa shape index (κ3) is 3.14. The maximum Gasteiger partial charge on any atom is 0.255 e. The Kier molecular flexibility index (Phi) is 4.00. The Balaban J connectivity index is 2.22. The second-order valence-electron chi connectivity index (χ2n) is 4.27. The van der Waals surface area contributed by atoms with Gasteiger partial charge in [0.25, 0.3) is 5.91 Å². The summed E-state index contributed by atoms with van der Waals surface area (Å²) in [5.41, 5.74) is 7.73. The fourth-order valence-corrected chi connectivity index (χ4v) is 1.76. The number of nitrogen functional groups attached to an aromatic ring is 1. The first kappa shape index (κ1) is 13.6. The molecule has 4 N–H and O–H groups in total. The molecule has 0 unspecified atom stereocenters. The molecule has 0 spiro atoms. The number of benzene rings is 2. The van der Waals surface area contributed by atoms with Gasteiger partial charge in [-0.25, -0.2) is 0 Å². The Morgan fingerprint density at radius 3 is 2.10 bits per heavy atom. The number of anilines is 3. The second-order valence-corrected chi connectivity index (χ2v) is 4.27. The summed E-state index contributed by atoms with van der Waals surface area (Å²) in [5, 5.41) is 5.34. The standard InChI is InChI=1S/C15H15N3O2/c1-10(19)17-12-8-5-9-13(14(12)16)18-15(20)11-6-3-2-4-7-11/h2-9H,16H2,1H3,(H,17,19)(H,18,20). The summed E-state index contributed by atoms with van der Waals surface area (Å²) >= 11 is 0. The van der Waals surface area contributed by atoms with Gasteiger partial charge < -0.3 is 16.4 Å². The van der Waals surface area contributed by atoms with E-state index in [1.165, 1.54) is 6.92 Å². The van der Waals surface area contributed by atoms with E-state index in [2.05, 4.69) is 10.6 Å². The largest absolute Gasteiger partial charge is 0.395 e. The Morgan fingerprint density at radius 2 is 1.50 bits per heavy atom. The maximum absolute atomic E-state index is 12.0. The Hall–Kier alpha value is -2.82. The molecule has 102 valence electrons. The molecule has 0 fully saturated rings. The van der Waals surface area contributed by atoms with Gasteiger partial charge in [0.1, 0.15) is 0 Å². The van der Waals surface area contributed by atoms with Crippen molar-refractivity contribution in [2.45, 2.75) is 6.92 Å². The van der Waals surface area contributed by atoms with E-state index >= 15 is 0 Å². The summed E-state index contributed by atoms with van der Waals surface area (Å²) < 4.78 is 0. The number of para-hydroxylation sites is 1. The number of rotatable bonds is 3. The van der Waals surface area contributed by atoms with Crippen molar-refractivity contribution in [3.05, 3.63) is 54.1 Å². The van der Waals surface area contributed by atoms with Crippen LogP contribution in [0.4, 0.5) is 17.1 Å². The van der Waals surface area contributed by atoms with E-state index in [1.807, 2.05) is 6.07 Å². The monoisotopic (exact) mass is 269 g/mol. The fourth-order valence-electron chi connectivity index (χ4n) is 1.76. The van der Waals surface area contributed by atoms with Crippen LogP contribution in [0.3, 0.4) is 0 Å². The molecule has 2 rings (SSSR count). The zero-order valence-corrected chi connectivity index (χ0v) is 11.0. The number of carbonyl (C=O) groups excluding carboxylic acids is 2. The van der Waals surface area contributed by atoms with Crippen LogP contribution in [0.5, 0.6) is 0 Å². The molecule has 0 heterocycles. The first-order valence-electron chi connectivity index (χ1n) is 6.10. The van der Waals surface area contributed by atoms with Gasteiger partial charge in [-0.2, -0.15) is 0 Å². The highest BCUT2D eigenvalue weighted by atomic mass is 16.2. The first-order valence-corrected chi connectivity index (χ1v) is 6.10. The van der Waals surface area contributed by atoms with Crippen molar-refractivity contribution in [2.24, 2.45) is 0 Å². The summed E-state index contributed by atoms with van der Waals surface area (Å²) in [7, 11) is 0. The summed E-state index contributed by atoms with van der Waals surface area (Å²) in [6.07, 6.45) is 0. The molecule has 0 aromatic heterocycles. The van der Waals surface area contributed by atoms with Crippen LogP contribution in [0, 0.1) is 0 Å². The van der Waals surface area contributed by atoms with Crippen LogP contribution in [0.2, 0.25) is 0 Å². The molecule has 20 heavy (non-hydrogen) atoms. The molecular weight excluding hydrogens is 254 g/mol. The first-order chi connectivity index (χ1) is 9.58. The third-order valence-corrected chi connectivity index (χ3v) is 2.70. The molecule has 5 nitrogen and oxygen atoms in total. The normalized spacial score (nSPS) is 9.85. The number of amides is 2. The quantitative estimate of drug-likeness (QED) is 0.748. The molecule has 0 saturated carbocycles. The summed E-state index contributed by atoms with van der Waals surface area (Å²) in [4.78, 5) is 23.1. The number of carbonyl (C=O) groups is 2. The molecular formula is C15H15N3O2. The number of nitrogens with two attached hydrogens (primary N) is 1. The highest BCUT2D eigenvalue weighted by Crippen LogP contribution is 2.27. The van der Waals surface area contributed by atoms with E-state index in [9.17, 15) is 9.59 Å². The predicted molar refractivity (Wildman–Crippen MR) is 79.6 cm³/mol. The minimum atomic E-state index is -0.253. The van der Waals surface area contributed by atoms with Gasteiger partial charge in [0, 0.05) is 12.5 Å². The van der Waals surface area contributed by atoms with E-state index < -0.39 is 0 Å². The summed E-state index contributed by atoms with van der Waals surface area (Å²) in [6.45, 7) is 1.40. The van der Waals surface area contributed by atoms with Crippen molar-refractivity contribution in [3.8, 4) is 0 Å². The molecule has 0 aliphatic rings. The fraction of sp³-hybridized carbons (Fsp3) is 0.0667. The van der Waals surface area contributed by atoms with Gasteiger partial charge in [0.05, 0.1) is 17.1 Å². The number of hydrogen-bond acceptors (Lipinski definition) is 3. The van der Waals surface area contributed by atoms with Gasteiger partial charge >= 0.3 is 0 Å². The van der Waals surface area contributed by atoms with Gasteiger partial charge in [-0.1, -0.05) is 24.3 Å². The Bertz CT molecular complexity index is 639. The predicted octanol–water partition coefficient (Wildman–Crippen LogP) is 2.48. The van der Waals surface area contributed by atoms with Gasteiger partial charge in [0.15, 0.2) is 0 Å². The van der Waals surface area contributed by atoms with Gasteiger partial charge in [-0.3, -0.25) is 9.59 Å². The summed E-state index contributed by atoms with van der Waals surface area (Å²) in [6, 6.07) is 13.9. The highest BCUT2D eigenvalue weighted by molar-refractivity contribution is 6.07. The second kappa shape index (κ2) is 5.88. The molecule has 5 heteroatoms. The molecule has 0 aliphatic heterocycles. The van der Waals surface area contributed by atoms with Gasteiger partial charge in [-0.05, 0) is 24.3 Å². The number of nitrogens with one attached hydrogen (secondary N) is 2. The lowest BCUT2D eigenvalue weighted by atomic mass is 10.2. The Labute approximate surface area is 116 Å². The third-order valence-electron chi connectivity index (χ3n) is 2.70. The topological polar surface area (TPSA) is 84.2 Å². The maximum atomic E-state index is 12.0. The molecule has 0 bridgehead atoms. The van der Waals surface area contributed by atoms with Crippen molar-refractivity contribution in [2.75, 3.05) is 16.4 Å². The average Bonchev–Trinajstić information content (AvgIpc) is 2.43. The van der Waals surface area contributed by atoms with Crippen molar-refractivity contribution >= 4 is 28.9 Å². The Morgan fingerprint density at radius 1 is 0.900 bits per heavy atom. The van der Waals surface area contributed by atoms with Crippen LogP contribution in [-0.2, 0) is 4.79 Å². The van der Waals surface area contributed by atoms with Crippen LogP contribution in [0.1, 0.15) is 17.3 Å². The van der Waals surface area contributed by atoms with E-state index in [1.54, 1.807) is 42.5 Å². The van der Waals surface area contributed by atoms with E-state index in [0.29, 0.717) is 22.6 Å². The highest BCUT2D eigenvalue weighted by Gasteiger charge is 2.10. The lowest BCUT2D eigenvalue weighted by molar-refractivity contribution is -0.114.